The lowest BCUT2D eigenvalue weighted by molar-refractivity contribution is 0.454. The van der Waals surface area contributed by atoms with Crippen molar-refractivity contribution in [2.24, 2.45) is 0 Å². The molecule has 0 saturated carbocycles. The molecule has 1 atom stereocenters. The zero-order valence-corrected chi connectivity index (χ0v) is 10.5. The molecule has 2 aromatic heterocycles. The molecule has 0 bridgehead atoms. The molecule has 3 nitrogen and oxygen atoms in total. The summed E-state index contributed by atoms with van der Waals surface area (Å²) in [5, 5.41) is 3.47. The number of nitrogens with one attached hydrogen (secondary N) is 1. The standard InChI is InChI=1S/C14H19N3/c1-10-5-7-17-11(2)14(16-13(17)8-10)12-4-3-6-15-9-12/h5,7-8,12,15H,3-4,6,9H2,1-2H3. The largest absolute Gasteiger partial charge is 0.316 e. The third-order valence-electron chi connectivity index (χ3n) is 3.74. The van der Waals surface area contributed by atoms with E-state index in [2.05, 4.69) is 41.9 Å². The molecule has 3 rings (SSSR count). The van der Waals surface area contributed by atoms with E-state index < -0.39 is 0 Å². The van der Waals surface area contributed by atoms with Crippen LogP contribution in [0.25, 0.3) is 5.65 Å². The lowest BCUT2D eigenvalue weighted by Crippen LogP contribution is -2.28. The Hall–Kier alpha value is -1.35. The zero-order chi connectivity index (χ0) is 11.8. The third kappa shape index (κ3) is 1.84. The number of hydrogen-bond donors (Lipinski definition) is 1. The minimum absolute atomic E-state index is 0.587. The Kier molecular flexibility index (Phi) is 2.63. The van der Waals surface area contributed by atoms with Gasteiger partial charge in [0.2, 0.25) is 0 Å². The number of pyridine rings is 1. The van der Waals surface area contributed by atoms with Crippen LogP contribution in [0.1, 0.15) is 35.7 Å². The molecule has 0 spiro atoms. The summed E-state index contributed by atoms with van der Waals surface area (Å²) < 4.78 is 2.21. The van der Waals surface area contributed by atoms with Gasteiger partial charge >= 0.3 is 0 Å². The molecular formula is C14H19N3. The van der Waals surface area contributed by atoms with Crippen LogP contribution in [0.5, 0.6) is 0 Å². The number of aryl methyl sites for hydroxylation is 2. The van der Waals surface area contributed by atoms with E-state index >= 15 is 0 Å². The number of imidazole rings is 1. The molecule has 1 aliphatic heterocycles. The minimum atomic E-state index is 0.587. The topological polar surface area (TPSA) is 29.3 Å². The van der Waals surface area contributed by atoms with Crippen molar-refractivity contribution >= 4 is 5.65 Å². The molecular weight excluding hydrogens is 210 g/mol. The first-order chi connectivity index (χ1) is 8.25. The van der Waals surface area contributed by atoms with E-state index in [0.717, 1.165) is 18.7 Å². The molecule has 1 saturated heterocycles. The van der Waals surface area contributed by atoms with Gasteiger partial charge in [0.1, 0.15) is 5.65 Å². The van der Waals surface area contributed by atoms with Gasteiger partial charge in [-0.25, -0.2) is 4.98 Å². The van der Waals surface area contributed by atoms with E-state index in [1.165, 1.54) is 29.8 Å². The van der Waals surface area contributed by atoms with Crippen LogP contribution in [0.15, 0.2) is 18.3 Å². The number of piperidine rings is 1. The molecule has 1 aliphatic rings. The monoisotopic (exact) mass is 229 g/mol. The molecule has 1 unspecified atom stereocenters. The summed E-state index contributed by atoms with van der Waals surface area (Å²) in [5.74, 6) is 0.587. The average molecular weight is 229 g/mol. The van der Waals surface area contributed by atoms with Crippen molar-refractivity contribution in [3.05, 3.63) is 35.3 Å². The highest BCUT2D eigenvalue weighted by molar-refractivity contribution is 5.46. The lowest BCUT2D eigenvalue weighted by atomic mass is 9.95. The molecule has 0 amide bonds. The fourth-order valence-electron chi connectivity index (χ4n) is 2.76. The summed E-state index contributed by atoms with van der Waals surface area (Å²) in [6.45, 7) is 6.52. The smallest absolute Gasteiger partial charge is 0.137 e. The Balaban J connectivity index is 2.07. The second-order valence-electron chi connectivity index (χ2n) is 5.06. The number of aromatic nitrogens is 2. The molecule has 3 heteroatoms. The first-order valence-electron chi connectivity index (χ1n) is 6.41. The Bertz CT molecular complexity index is 536. The fourth-order valence-corrected chi connectivity index (χ4v) is 2.76. The fraction of sp³-hybridized carbons (Fsp3) is 0.500. The van der Waals surface area contributed by atoms with Gasteiger partial charge in [-0.3, -0.25) is 0 Å². The number of hydrogen-bond acceptors (Lipinski definition) is 2. The highest BCUT2D eigenvalue weighted by Gasteiger charge is 2.20. The summed E-state index contributed by atoms with van der Waals surface area (Å²) >= 11 is 0. The van der Waals surface area contributed by atoms with Crippen LogP contribution in [-0.4, -0.2) is 22.5 Å². The highest BCUT2D eigenvalue weighted by Crippen LogP contribution is 2.26. The molecule has 0 aromatic carbocycles. The highest BCUT2D eigenvalue weighted by atomic mass is 15.0. The van der Waals surface area contributed by atoms with E-state index in [1.807, 2.05) is 0 Å². The Morgan fingerprint density at radius 1 is 1.41 bits per heavy atom. The van der Waals surface area contributed by atoms with Crippen LogP contribution in [0.4, 0.5) is 0 Å². The second-order valence-corrected chi connectivity index (χ2v) is 5.06. The Labute approximate surface area is 102 Å². The number of rotatable bonds is 1. The van der Waals surface area contributed by atoms with Crippen LogP contribution < -0.4 is 5.32 Å². The number of nitrogens with zero attached hydrogens (tertiary/aromatic N) is 2. The molecule has 0 radical (unpaired) electrons. The first-order valence-corrected chi connectivity index (χ1v) is 6.41. The van der Waals surface area contributed by atoms with Crippen molar-refractivity contribution in [1.29, 1.82) is 0 Å². The predicted molar refractivity (Wildman–Crippen MR) is 69.5 cm³/mol. The van der Waals surface area contributed by atoms with Gasteiger partial charge in [0.05, 0.1) is 5.69 Å². The first kappa shape index (κ1) is 10.8. The third-order valence-corrected chi connectivity index (χ3v) is 3.74. The van der Waals surface area contributed by atoms with E-state index in [4.69, 9.17) is 4.98 Å². The van der Waals surface area contributed by atoms with Crippen LogP contribution in [-0.2, 0) is 0 Å². The van der Waals surface area contributed by atoms with Gasteiger partial charge in [0.15, 0.2) is 0 Å². The van der Waals surface area contributed by atoms with Crippen molar-refractivity contribution in [2.45, 2.75) is 32.6 Å². The van der Waals surface area contributed by atoms with Crippen LogP contribution >= 0.6 is 0 Å². The normalized spacial score (nSPS) is 20.9. The molecule has 3 heterocycles. The van der Waals surface area contributed by atoms with Gasteiger partial charge < -0.3 is 9.72 Å². The summed E-state index contributed by atoms with van der Waals surface area (Å²) in [5.41, 5.74) is 4.94. The SMILES string of the molecule is Cc1ccn2c(C)c(C3CCCNC3)nc2c1. The van der Waals surface area contributed by atoms with Crippen molar-refractivity contribution in [3.63, 3.8) is 0 Å². The summed E-state index contributed by atoms with van der Waals surface area (Å²) in [4.78, 5) is 4.82. The van der Waals surface area contributed by atoms with E-state index in [9.17, 15) is 0 Å². The van der Waals surface area contributed by atoms with Crippen molar-refractivity contribution in [2.75, 3.05) is 13.1 Å². The Morgan fingerprint density at radius 2 is 2.29 bits per heavy atom. The van der Waals surface area contributed by atoms with Crippen molar-refractivity contribution < 1.29 is 0 Å². The lowest BCUT2D eigenvalue weighted by Gasteiger charge is -2.21. The van der Waals surface area contributed by atoms with E-state index in [1.54, 1.807) is 0 Å². The Morgan fingerprint density at radius 3 is 3.06 bits per heavy atom. The quantitative estimate of drug-likeness (QED) is 0.813. The predicted octanol–water partition coefficient (Wildman–Crippen LogP) is 2.42. The minimum Gasteiger partial charge on any atom is -0.316 e. The van der Waals surface area contributed by atoms with Crippen LogP contribution in [0, 0.1) is 13.8 Å². The van der Waals surface area contributed by atoms with Gasteiger partial charge in [-0.05, 0) is 50.9 Å². The average Bonchev–Trinajstić information content (AvgIpc) is 2.67. The summed E-state index contributed by atoms with van der Waals surface area (Å²) in [6, 6.07) is 4.30. The van der Waals surface area contributed by atoms with Gasteiger partial charge in [0.25, 0.3) is 0 Å². The number of fused-ring (bicyclic) bond motifs is 1. The molecule has 17 heavy (non-hydrogen) atoms. The maximum atomic E-state index is 4.82. The molecule has 1 fully saturated rings. The summed E-state index contributed by atoms with van der Waals surface area (Å²) in [6.07, 6.45) is 4.65. The van der Waals surface area contributed by atoms with Gasteiger partial charge in [-0.1, -0.05) is 0 Å². The second kappa shape index (κ2) is 4.15. The zero-order valence-electron chi connectivity index (χ0n) is 10.5. The van der Waals surface area contributed by atoms with Crippen LogP contribution in [0.3, 0.4) is 0 Å². The molecule has 2 aromatic rings. The summed E-state index contributed by atoms with van der Waals surface area (Å²) in [7, 11) is 0. The maximum absolute atomic E-state index is 4.82. The van der Waals surface area contributed by atoms with Gasteiger partial charge in [-0.2, -0.15) is 0 Å². The van der Waals surface area contributed by atoms with E-state index in [0.29, 0.717) is 5.92 Å². The van der Waals surface area contributed by atoms with E-state index in [-0.39, 0.29) is 0 Å². The van der Waals surface area contributed by atoms with Crippen LogP contribution in [0.2, 0.25) is 0 Å². The van der Waals surface area contributed by atoms with Crippen molar-refractivity contribution in [1.82, 2.24) is 14.7 Å². The van der Waals surface area contributed by atoms with Gasteiger partial charge in [0, 0.05) is 24.4 Å². The maximum Gasteiger partial charge on any atom is 0.137 e. The molecule has 0 aliphatic carbocycles. The molecule has 90 valence electrons. The van der Waals surface area contributed by atoms with Gasteiger partial charge in [-0.15, -0.1) is 0 Å². The van der Waals surface area contributed by atoms with Crippen molar-refractivity contribution in [3.8, 4) is 0 Å². The molecule has 1 N–H and O–H groups in total.